The van der Waals surface area contributed by atoms with Crippen molar-refractivity contribution in [1.82, 2.24) is 15.2 Å². The highest BCUT2D eigenvalue weighted by Crippen LogP contribution is 2.21. The van der Waals surface area contributed by atoms with Gasteiger partial charge in [0.05, 0.1) is 17.3 Å². The van der Waals surface area contributed by atoms with Crippen LogP contribution in [-0.4, -0.2) is 26.2 Å². The summed E-state index contributed by atoms with van der Waals surface area (Å²) < 4.78 is 0. The molecule has 0 aliphatic carbocycles. The Morgan fingerprint density at radius 2 is 2.16 bits per heavy atom. The molecule has 3 N–H and O–H groups in total. The van der Waals surface area contributed by atoms with Gasteiger partial charge in [0.25, 0.3) is 5.91 Å². The van der Waals surface area contributed by atoms with E-state index in [0.29, 0.717) is 11.1 Å². The maximum atomic E-state index is 12.2. The molecule has 19 heavy (non-hydrogen) atoms. The maximum Gasteiger partial charge on any atom is 0.259 e. The second-order valence-corrected chi connectivity index (χ2v) is 3.97. The smallest absolute Gasteiger partial charge is 0.259 e. The molecule has 2 aromatic heterocycles. The zero-order valence-electron chi connectivity index (χ0n) is 9.79. The number of nitrogens with zero attached hydrogens (tertiary/aromatic N) is 2. The molecule has 6 heteroatoms. The van der Waals surface area contributed by atoms with Gasteiger partial charge in [0.2, 0.25) is 0 Å². The third-order valence-corrected chi connectivity index (χ3v) is 2.74. The second-order valence-electron chi connectivity index (χ2n) is 3.97. The first-order valence-electron chi connectivity index (χ1n) is 5.63. The van der Waals surface area contributed by atoms with Crippen LogP contribution in [0.4, 0.5) is 5.82 Å². The fourth-order valence-corrected chi connectivity index (χ4v) is 1.83. The Bertz CT molecular complexity index is 751. The number of carbonyl (C=O) groups is 1. The molecule has 3 aromatic rings. The van der Waals surface area contributed by atoms with Gasteiger partial charge < -0.3 is 10.4 Å². The number of rotatable bonds is 2. The molecule has 0 saturated heterocycles. The Hall–Kier alpha value is -2.89. The Labute approximate surface area is 108 Å². The summed E-state index contributed by atoms with van der Waals surface area (Å²) in [6.45, 7) is 0. The molecule has 0 spiro atoms. The lowest BCUT2D eigenvalue weighted by Crippen LogP contribution is -2.13. The van der Waals surface area contributed by atoms with Crippen LogP contribution in [0.1, 0.15) is 10.4 Å². The third-order valence-electron chi connectivity index (χ3n) is 2.74. The number of anilines is 1. The van der Waals surface area contributed by atoms with E-state index in [2.05, 4.69) is 20.5 Å². The van der Waals surface area contributed by atoms with Crippen LogP contribution >= 0.6 is 0 Å². The molecule has 6 nitrogen and oxygen atoms in total. The lowest BCUT2D eigenvalue weighted by atomic mass is 10.1. The van der Waals surface area contributed by atoms with Crippen LogP contribution in [0.2, 0.25) is 0 Å². The van der Waals surface area contributed by atoms with Crippen LogP contribution in [-0.2, 0) is 0 Å². The van der Waals surface area contributed by atoms with Crippen molar-refractivity contribution in [2.45, 2.75) is 0 Å². The highest BCUT2D eigenvalue weighted by Gasteiger charge is 2.13. The third kappa shape index (κ3) is 1.99. The number of benzene rings is 1. The number of para-hydroxylation sites is 1. The first kappa shape index (κ1) is 11.2. The monoisotopic (exact) mass is 254 g/mol. The van der Waals surface area contributed by atoms with Crippen molar-refractivity contribution in [3.05, 3.63) is 48.3 Å². The first-order chi connectivity index (χ1) is 9.25. The normalized spacial score (nSPS) is 10.5. The minimum absolute atomic E-state index is 0.0763. The van der Waals surface area contributed by atoms with Crippen molar-refractivity contribution in [2.75, 3.05) is 5.32 Å². The number of H-pyrrole nitrogens is 1. The van der Waals surface area contributed by atoms with Crippen molar-refractivity contribution >= 4 is 22.6 Å². The Balaban J connectivity index is 1.97. The van der Waals surface area contributed by atoms with E-state index in [4.69, 9.17) is 0 Å². The van der Waals surface area contributed by atoms with Gasteiger partial charge in [0, 0.05) is 11.6 Å². The lowest BCUT2D eigenvalue weighted by molar-refractivity contribution is 0.102. The molecule has 0 fully saturated rings. The van der Waals surface area contributed by atoms with E-state index >= 15 is 0 Å². The molecule has 2 heterocycles. The van der Waals surface area contributed by atoms with E-state index < -0.39 is 0 Å². The number of amides is 1. The maximum absolute atomic E-state index is 12.2. The highest BCUT2D eigenvalue weighted by atomic mass is 16.3. The summed E-state index contributed by atoms with van der Waals surface area (Å²) in [5.41, 5.74) is 1.09. The fourth-order valence-electron chi connectivity index (χ4n) is 1.83. The van der Waals surface area contributed by atoms with E-state index in [0.717, 1.165) is 5.39 Å². The number of aromatic amines is 1. The molecule has 0 aliphatic rings. The number of pyridine rings is 1. The Kier molecular flexibility index (Phi) is 2.60. The molecule has 0 aliphatic heterocycles. The predicted molar refractivity (Wildman–Crippen MR) is 69.9 cm³/mol. The molecule has 0 saturated carbocycles. The van der Waals surface area contributed by atoms with Gasteiger partial charge in [0.15, 0.2) is 11.6 Å². The molecule has 94 valence electrons. The Morgan fingerprint density at radius 1 is 1.26 bits per heavy atom. The predicted octanol–water partition coefficient (Wildman–Crippen LogP) is 1.92. The number of aromatic hydroxyl groups is 1. The van der Waals surface area contributed by atoms with Crippen LogP contribution in [0.25, 0.3) is 10.9 Å². The van der Waals surface area contributed by atoms with Crippen molar-refractivity contribution in [1.29, 1.82) is 0 Å². The number of nitrogens with one attached hydrogen (secondary N) is 2. The number of aromatic nitrogens is 3. The van der Waals surface area contributed by atoms with Crippen molar-refractivity contribution < 1.29 is 9.90 Å². The van der Waals surface area contributed by atoms with Crippen molar-refractivity contribution in [3.8, 4) is 5.75 Å². The summed E-state index contributed by atoms with van der Waals surface area (Å²) in [6, 6.07) is 8.34. The van der Waals surface area contributed by atoms with Crippen LogP contribution in [0.15, 0.2) is 42.7 Å². The largest absolute Gasteiger partial charge is 0.504 e. The summed E-state index contributed by atoms with van der Waals surface area (Å²) >= 11 is 0. The number of hydrogen-bond acceptors (Lipinski definition) is 4. The molecule has 0 atom stereocenters. The van der Waals surface area contributed by atoms with Gasteiger partial charge in [-0.05, 0) is 18.2 Å². The first-order valence-corrected chi connectivity index (χ1v) is 5.63. The summed E-state index contributed by atoms with van der Waals surface area (Å²) in [5.74, 6) is -0.305. The van der Waals surface area contributed by atoms with Gasteiger partial charge in [-0.25, -0.2) is 4.98 Å². The second kappa shape index (κ2) is 4.41. The molecule has 1 aromatic carbocycles. The van der Waals surface area contributed by atoms with Gasteiger partial charge in [-0.15, -0.1) is 0 Å². The summed E-state index contributed by atoms with van der Waals surface area (Å²) in [4.78, 5) is 16.1. The molecule has 0 bridgehead atoms. The van der Waals surface area contributed by atoms with Crippen LogP contribution in [0.3, 0.4) is 0 Å². The summed E-state index contributed by atoms with van der Waals surface area (Å²) in [5, 5.41) is 19.7. The number of fused-ring (bicyclic) bond motifs is 1. The van der Waals surface area contributed by atoms with E-state index in [9.17, 15) is 9.90 Å². The number of hydrogen-bond donors (Lipinski definition) is 3. The van der Waals surface area contributed by atoms with Crippen LogP contribution in [0.5, 0.6) is 5.75 Å². The number of carbonyl (C=O) groups excluding carboxylic acids is 1. The quantitative estimate of drug-likeness (QED) is 0.651. The minimum atomic E-state index is -0.358. The van der Waals surface area contributed by atoms with Gasteiger partial charge in [-0.1, -0.05) is 12.1 Å². The molecule has 0 radical (unpaired) electrons. The molecule has 1 amide bonds. The summed E-state index contributed by atoms with van der Waals surface area (Å²) in [7, 11) is 0. The highest BCUT2D eigenvalue weighted by molar-refractivity contribution is 6.11. The van der Waals surface area contributed by atoms with Gasteiger partial charge >= 0.3 is 0 Å². The van der Waals surface area contributed by atoms with E-state index in [1.54, 1.807) is 24.4 Å². The minimum Gasteiger partial charge on any atom is -0.504 e. The van der Waals surface area contributed by atoms with Gasteiger partial charge in [-0.2, -0.15) is 5.10 Å². The fraction of sp³-hybridized carbons (Fsp3) is 0. The average molecular weight is 254 g/mol. The van der Waals surface area contributed by atoms with Crippen LogP contribution in [0, 0.1) is 0 Å². The van der Waals surface area contributed by atoms with E-state index in [-0.39, 0.29) is 17.5 Å². The Morgan fingerprint density at radius 3 is 3.00 bits per heavy atom. The lowest BCUT2D eigenvalue weighted by Gasteiger charge is -2.06. The molecule has 3 rings (SSSR count). The van der Waals surface area contributed by atoms with Gasteiger partial charge in [0.1, 0.15) is 0 Å². The van der Waals surface area contributed by atoms with Crippen molar-refractivity contribution in [3.63, 3.8) is 0 Å². The van der Waals surface area contributed by atoms with Crippen LogP contribution < -0.4 is 5.32 Å². The topological polar surface area (TPSA) is 90.9 Å². The average Bonchev–Trinajstić information content (AvgIpc) is 2.89. The molecule has 0 unspecified atom stereocenters. The molecular formula is C13H10N4O2. The molecular weight excluding hydrogens is 244 g/mol. The van der Waals surface area contributed by atoms with Crippen molar-refractivity contribution in [2.24, 2.45) is 0 Å². The SMILES string of the molecule is O=C(Nc1ncccc1O)c1cccc2cn[nH]c12. The standard InChI is InChI=1S/C13H10N4O2/c18-10-5-2-6-14-12(10)16-13(19)9-4-1-3-8-7-15-17-11(8)9/h1-7,18H,(H,15,17)(H,14,16,19). The zero-order chi connectivity index (χ0) is 13.2. The van der Waals surface area contributed by atoms with Gasteiger partial charge in [-0.3, -0.25) is 9.89 Å². The van der Waals surface area contributed by atoms with E-state index in [1.807, 2.05) is 6.07 Å². The zero-order valence-corrected chi connectivity index (χ0v) is 9.79. The van der Waals surface area contributed by atoms with E-state index in [1.165, 1.54) is 12.3 Å². The summed E-state index contributed by atoms with van der Waals surface area (Å²) in [6.07, 6.45) is 3.14.